The maximum absolute atomic E-state index is 6.41. The van der Waals surface area contributed by atoms with Gasteiger partial charge in [0.2, 0.25) is 0 Å². The van der Waals surface area contributed by atoms with E-state index < -0.39 is 0 Å². The second-order valence-corrected chi connectivity index (χ2v) is 5.07. The smallest absolute Gasteiger partial charge is 0.122 e. The third-order valence-corrected chi connectivity index (χ3v) is 3.52. The number of methoxy groups -OCH3 is 1. The summed E-state index contributed by atoms with van der Waals surface area (Å²) in [5.41, 5.74) is 12.2. The van der Waals surface area contributed by atoms with Crippen molar-refractivity contribution in [2.45, 2.75) is 26.8 Å². The van der Waals surface area contributed by atoms with E-state index in [9.17, 15) is 0 Å². The minimum Gasteiger partial charge on any atom is -0.496 e. The Hall–Kier alpha value is -1.80. The molecule has 0 aliphatic rings. The van der Waals surface area contributed by atoms with Crippen molar-refractivity contribution < 1.29 is 4.74 Å². The van der Waals surface area contributed by atoms with Crippen LogP contribution in [0.1, 0.15) is 33.9 Å². The van der Waals surface area contributed by atoms with Crippen molar-refractivity contribution in [2.75, 3.05) is 7.11 Å². The molecule has 2 rings (SSSR count). The van der Waals surface area contributed by atoms with Gasteiger partial charge in [0.25, 0.3) is 0 Å². The third-order valence-electron chi connectivity index (χ3n) is 3.52. The van der Waals surface area contributed by atoms with Gasteiger partial charge in [0, 0.05) is 0 Å². The first kappa shape index (κ1) is 13.6. The first-order valence-corrected chi connectivity index (χ1v) is 6.50. The maximum Gasteiger partial charge on any atom is 0.122 e. The van der Waals surface area contributed by atoms with Gasteiger partial charge >= 0.3 is 0 Å². The molecule has 2 nitrogen and oxygen atoms in total. The zero-order chi connectivity index (χ0) is 14.0. The summed E-state index contributed by atoms with van der Waals surface area (Å²) in [6.07, 6.45) is 0. The van der Waals surface area contributed by atoms with Gasteiger partial charge in [-0.05, 0) is 49.1 Å². The highest BCUT2D eigenvalue weighted by atomic mass is 16.5. The van der Waals surface area contributed by atoms with Crippen LogP contribution in [0, 0.1) is 20.8 Å². The van der Waals surface area contributed by atoms with Gasteiger partial charge in [0.1, 0.15) is 5.75 Å². The van der Waals surface area contributed by atoms with Crippen molar-refractivity contribution in [2.24, 2.45) is 5.73 Å². The molecule has 0 fully saturated rings. The molecule has 0 amide bonds. The molecule has 2 aromatic rings. The van der Waals surface area contributed by atoms with E-state index in [-0.39, 0.29) is 6.04 Å². The van der Waals surface area contributed by atoms with Crippen LogP contribution in [-0.2, 0) is 0 Å². The van der Waals surface area contributed by atoms with E-state index in [1.54, 1.807) is 7.11 Å². The molecule has 0 saturated carbocycles. The highest BCUT2D eigenvalue weighted by molar-refractivity contribution is 5.45. The predicted octanol–water partition coefficient (Wildman–Crippen LogP) is 3.67. The fourth-order valence-electron chi connectivity index (χ4n) is 2.41. The lowest BCUT2D eigenvalue weighted by molar-refractivity contribution is 0.411. The molecule has 2 N–H and O–H groups in total. The second kappa shape index (κ2) is 5.45. The number of benzene rings is 2. The van der Waals surface area contributed by atoms with Gasteiger partial charge in [-0.2, -0.15) is 0 Å². The fraction of sp³-hybridized carbons (Fsp3) is 0.294. The van der Waals surface area contributed by atoms with Gasteiger partial charge < -0.3 is 10.5 Å². The van der Waals surface area contributed by atoms with E-state index in [2.05, 4.69) is 50.2 Å². The van der Waals surface area contributed by atoms with Crippen LogP contribution in [0.2, 0.25) is 0 Å². The summed E-state index contributed by atoms with van der Waals surface area (Å²) >= 11 is 0. The molecule has 0 aliphatic carbocycles. The minimum absolute atomic E-state index is 0.0930. The Morgan fingerprint density at radius 2 is 1.74 bits per heavy atom. The number of rotatable bonds is 3. The largest absolute Gasteiger partial charge is 0.496 e. The lowest BCUT2D eigenvalue weighted by atomic mass is 9.93. The van der Waals surface area contributed by atoms with Gasteiger partial charge in [0.05, 0.1) is 13.2 Å². The molecule has 0 saturated heterocycles. The SMILES string of the molecule is COc1cc(C)c(C(N)c2cccc(C)c2)cc1C. The molecule has 19 heavy (non-hydrogen) atoms. The number of hydrogen-bond acceptors (Lipinski definition) is 2. The second-order valence-electron chi connectivity index (χ2n) is 5.07. The van der Waals surface area contributed by atoms with Crippen LogP contribution in [0.15, 0.2) is 36.4 Å². The van der Waals surface area contributed by atoms with Crippen molar-refractivity contribution >= 4 is 0 Å². The van der Waals surface area contributed by atoms with Gasteiger partial charge in [0.15, 0.2) is 0 Å². The predicted molar refractivity (Wildman–Crippen MR) is 79.7 cm³/mol. The average Bonchev–Trinajstić information content (AvgIpc) is 2.40. The normalized spacial score (nSPS) is 12.3. The molecule has 2 heteroatoms. The average molecular weight is 255 g/mol. The maximum atomic E-state index is 6.41. The van der Waals surface area contributed by atoms with Gasteiger partial charge in [-0.25, -0.2) is 0 Å². The summed E-state index contributed by atoms with van der Waals surface area (Å²) < 4.78 is 5.34. The Bertz CT molecular complexity index is 590. The summed E-state index contributed by atoms with van der Waals surface area (Å²) in [5.74, 6) is 0.915. The van der Waals surface area contributed by atoms with Crippen molar-refractivity contribution in [3.63, 3.8) is 0 Å². The zero-order valence-corrected chi connectivity index (χ0v) is 12.0. The first-order chi connectivity index (χ1) is 9.02. The molecule has 0 spiro atoms. The van der Waals surface area contributed by atoms with Crippen molar-refractivity contribution in [3.05, 3.63) is 64.2 Å². The van der Waals surface area contributed by atoms with Gasteiger partial charge in [-0.15, -0.1) is 0 Å². The van der Waals surface area contributed by atoms with Crippen molar-refractivity contribution in [1.82, 2.24) is 0 Å². The number of nitrogens with two attached hydrogens (primary N) is 1. The lowest BCUT2D eigenvalue weighted by Crippen LogP contribution is -2.14. The summed E-state index contributed by atoms with van der Waals surface area (Å²) in [6, 6.07) is 12.4. The molecular weight excluding hydrogens is 234 g/mol. The Morgan fingerprint density at radius 1 is 1.00 bits per heavy atom. The molecule has 100 valence electrons. The van der Waals surface area contributed by atoms with Gasteiger partial charge in [-0.1, -0.05) is 35.9 Å². The number of aryl methyl sites for hydroxylation is 3. The molecule has 0 bridgehead atoms. The molecule has 0 radical (unpaired) electrons. The van der Waals surface area contributed by atoms with E-state index in [0.29, 0.717) is 0 Å². The Kier molecular flexibility index (Phi) is 3.91. The quantitative estimate of drug-likeness (QED) is 0.908. The Labute approximate surface area is 115 Å². The Morgan fingerprint density at radius 3 is 2.37 bits per heavy atom. The van der Waals surface area contributed by atoms with Crippen molar-refractivity contribution in [1.29, 1.82) is 0 Å². The summed E-state index contributed by atoms with van der Waals surface area (Å²) in [5, 5.41) is 0. The highest BCUT2D eigenvalue weighted by Gasteiger charge is 2.13. The monoisotopic (exact) mass is 255 g/mol. The van der Waals surface area contributed by atoms with Crippen LogP contribution in [-0.4, -0.2) is 7.11 Å². The first-order valence-electron chi connectivity index (χ1n) is 6.50. The van der Waals surface area contributed by atoms with E-state index in [1.807, 2.05) is 6.92 Å². The van der Waals surface area contributed by atoms with E-state index in [0.717, 1.165) is 28.0 Å². The summed E-state index contributed by atoms with van der Waals surface area (Å²) in [6.45, 7) is 6.21. The van der Waals surface area contributed by atoms with Gasteiger partial charge in [-0.3, -0.25) is 0 Å². The summed E-state index contributed by atoms with van der Waals surface area (Å²) in [4.78, 5) is 0. The number of hydrogen-bond donors (Lipinski definition) is 1. The van der Waals surface area contributed by atoms with Crippen LogP contribution in [0.25, 0.3) is 0 Å². The van der Waals surface area contributed by atoms with Crippen LogP contribution < -0.4 is 10.5 Å². The molecule has 1 unspecified atom stereocenters. The van der Waals surface area contributed by atoms with E-state index in [1.165, 1.54) is 5.56 Å². The summed E-state index contributed by atoms with van der Waals surface area (Å²) in [7, 11) is 1.70. The van der Waals surface area contributed by atoms with E-state index in [4.69, 9.17) is 10.5 Å². The lowest BCUT2D eigenvalue weighted by Gasteiger charge is -2.18. The molecule has 0 aliphatic heterocycles. The van der Waals surface area contributed by atoms with Crippen LogP contribution in [0.3, 0.4) is 0 Å². The molecular formula is C17H21NO. The third kappa shape index (κ3) is 2.79. The van der Waals surface area contributed by atoms with Crippen LogP contribution in [0.4, 0.5) is 0 Å². The fourth-order valence-corrected chi connectivity index (χ4v) is 2.41. The molecule has 2 aromatic carbocycles. The molecule has 1 atom stereocenters. The zero-order valence-electron chi connectivity index (χ0n) is 12.0. The van der Waals surface area contributed by atoms with Crippen molar-refractivity contribution in [3.8, 4) is 5.75 Å². The van der Waals surface area contributed by atoms with Crippen LogP contribution >= 0.6 is 0 Å². The Balaban J connectivity index is 2.44. The molecule has 0 heterocycles. The van der Waals surface area contributed by atoms with Crippen LogP contribution in [0.5, 0.6) is 5.75 Å². The number of ether oxygens (including phenoxy) is 1. The highest BCUT2D eigenvalue weighted by Crippen LogP contribution is 2.29. The topological polar surface area (TPSA) is 35.2 Å². The van der Waals surface area contributed by atoms with E-state index >= 15 is 0 Å². The standard InChI is InChI=1S/C17H21NO/c1-11-6-5-7-14(8-11)17(18)15-9-13(3)16(19-4)10-12(15)2/h5-10,17H,18H2,1-4H3. The molecule has 0 aromatic heterocycles. The minimum atomic E-state index is -0.0930.